The normalized spacial score (nSPS) is 12.0. The molecule has 1 N–H and O–H groups in total. The smallest absolute Gasteiger partial charge is 0.234 e. The summed E-state index contributed by atoms with van der Waals surface area (Å²) in [5, 5.41) is 3.67. The van der Waals surface area contributed by atoms with Crippen LogP contribution in [0.4, 0.5) is 5.69 Å². The molecule has 0 aliphatic carbocycles. The molecule has 0 saturated heterocycles. The van der Waals surface area contributed by atoms with Crippen LogP contribution in [0.2, 0.25) is 0 Å². The molecular formula is C19H25N3OS. The average molecular weight is 343 g/mol. The molecule has 2 aromatic rings. The molecule has 1 amide bonds. The minimum atomic E-state index is -0.0322. The van der Waals surface area contributed by atoms with E-state index in [-0.39, 0.29) is 5.91 Å². The van der Waals surface area contributed by atoms with E-state index in [2.05, 4.69) is 35.2 Å². The number of nitrogens with zero attached hydrogens (tertiary/aromatic N) is 2. The van der Waals surface area contributed by atoms with Gasteiger partial charge in [0.2, 0.25) is 5.91 Å². The molecule has 0 fully saturated rings. The van der Waals surface area contributed by atoms with E-state index < -0.39 is 0 Å². The average Bonchev–Trinajstić information content (AvgIpc) is 2.57. The summed E-state index contributed by atoms with van der Waals surface area (Å²) in [5.41, 5.74) is 5.11. The molecule has 1 aromatic heterocycles. The fourth-order valence-corrected chi connectivity index (χ4v) is 3.12. The summed E-state index contributed by atoms with van der Waals surface area (Å²) in [6.07, 6.45) is 1.04. The third-order valence-corrected chi connectivity index (χ3v) is 5.17. The van der Waals surface area contributed by atoms with E-state index in [0.717, 1.165) is 29.1 Å². The number of aryl methyl sites for hydroxylation is 2. The number of thioether (sulfide) groups is 1. The van der Waals surface area contributed by atoms with Gasteiger partial charge in [0.05, 0.1) is 5.75 Å². The molecule has 128 valence electrons. The van der Waals surface area contributed by atoms with Gasteiger partial charge in [0.25, 0.3) is 0 Å². The van der Waals surface area contributed by atoms with Crippen LogP contribution in [0.1, 0.15) is 48.7 Å². The molecule has 2 rings (SSSR count). The number of nitrogens with one attached hydrogen (secondary N) is 1. The first-order chi connectivity index (χ1) is 11.4. The quantitative estimate of drug-likeness (QED) is 0.613. The molecule has 4 nitrogen and oxygen atoms in total. The van der Waals surface area contributed by atoms with Crippen LogP contribution in [0.15, 0.2) is 29.4 Å². The van der Waals surface area contributed by atoms with Crippen LogP contribution in [0, 0.1) is 20.8 Å². The maximum atomic E-state index is 12.3. The number of anilines is 1. The maximum absolute atomic E-state index is 12.3. The summed E-state index contributed by atoms with van der Waals surface area (Å²) in [7, 11) is 0. The minimum Gasteiger partial charge on any atom is -0.325 e. The predicted molar refractivity (Wildman–Crippen MR) is 101 cm³/mol. The monoisotopic (exact) mass is 343 g/mol. The highest BCUT2D eigenvalue weighted by Gasteiger charge is 2.12. The summed E-state index contributed by atoms with van der Waals surface area (Å²) in [6.45, 7) is 10.3. The van der Waals surface area contributed by atoms with E-state index in [1.807, 2.05) is 39.0 Å². The first-order valence-electron chi connectivity index (χ1n) is 8.25. The zero-order valence-electron chi connectivity index (χ0n) is 15.0. The zero-order valence-corrected chi connectivity index (χ0v) is 15.8. The lowest BCUT2D eigenvalue weighted by Gasteiger charge is -2.15. The number of hydrogen-bond acceptors (Lipinski definition) is 4. The van der Waals surface area contributed by atoms with Crippen LogP contribution in [0.25, 0.3) is 0 Å². The van der Waals surface area contributed by atoms with Crippen LogP contribution >= 0.6 is 11.8 Å². The van der Waals surface area contributed by atoms with Crippen molar-refractivity contribution in [2.75, 3.05) is 11.1 Å². The van der Waals surface area contributed by atoms with Crippen molar-refractivity contribution < 1.29 is 4.79 Å². The molecule has 1 atom stereocenters. The van der Waals surface area contributed by atoms with Crippen molar-refractivity contribution in [2.45, 2.75) is 52.1 Å². The molecule has 0 unspecified atom stereocenters. The van der Waals surface area contributed by atoms with Gasteiger partial charge in [0, 0.05) is 17.1 Å². The number of para-hydroxylation sites is 1. The van der Waals surface area contributed by atoms with Crippen molar-refractivity contribution in [3.63, 3.8) is 0 Å². The first kappa shape index (κ1) is 18.5. The Labute approximate surface area is 148 Å². The Hall–Kier alpha value is -1.88. The first-order valence-corrected chi connectivity index (χ1v) is 9.24. The predicted octanol–water partition coefficient (Wildman–Crippen LogP) is 4.65. The van der Waals surface area contributed by atoms with Gasteiger partial charge in [-0.2, -0.15) is 0 Å². The Morgan fingerprint density at radius 2 is 1.79 bits per heavy atom. The fourth-order valence-electron chi connectivity index (χ4n) is 2.38. The number of carbonyl (C=O) groups excluding carboxylic acids is 1. The summed E-state index contributed by atoms with van der Waals surface area (Å²) in [5.74, 6) is 0.687. The van der Waals surface area contributed by atoms with Crippen molar-refractivity contribution in [1.82, 2.24) is 9.97 Å². The van der Waals surface area contributed by atoms with Gasteiger partial charge in [-0.1, -0.05) is 43.8 Å². The summed E-state index contributed by atoms with van der Waals surface area (Å²) < 4.78 is 0. The molecule has 0 spiro atoms. The molecule has 0 aliphatic rings. The molecule has 0 radical (unpaired) electrons. The van der Waals surface area contributed by atoms with E-state index >= 15 is 0 Å². The van der Waals surface area contributed by atoms with Crippen LogP contribution in [-0.4, -0.2) is 21.6 Å². The highest BCUT2D eigenvalue weighted by molar-refractivity contribution is 7.99. The Morgan fingerprint density at radius 1 is 1.17 bits per heavy atom. The van der Waals surface area contributed by atoms with Crippen molar-refractivity contribution >= 4 is 23.4 Å². The second kappa shape index (κ2) is 8.29. The molecule has 0 bridgehead atoms. The Morgan fingerprint density at radius 3 is 2.42 bits per heavy atom. The molecule has 1 aromatic carbocycles. The highest BCUT2D eigenvalue weighted by atomic mass is 32.2. The van der Waals surface area contributed by atoms with E-state index in [4.69, 9.17) is 0 Å². The number of benzene rings is 1. The molecule has 1 heterocycles. The number of rotatable bonds is 6. The number of hydrogen-bond donors (Lipinski definition) is 1. The standard InChI is InChI=1S/C19H25N3OS/c1-6-12(2)16-9-7-8-10-17(16)22-18(23)11-24-19-20-14(4)13(3)15(5)21-19/h7-10,12H,6,11H2,1-5H3,(H,22,23)/t12-/m0/s1. The van der Waals surface area contributed by atoms with E-state index in [1.165, 1.54) is 17.3 Å². The Bertz CT molecular complexity index is 707. The van der Waals surface area contributed by atoms with Crippen molar-refractivity contribution in [1.29, 1.82) is 0 Å². The van der Waals surface area contributed by atoms with Crippen LogP contribution in [0.5, 0.6) is 0 Å². The zero-order chi connectivity index (χ0) is 17.7. The highest BCUT2D eigenvalue weighted by Crippen LogP contribution is 2.27. The Kier molecular flexibility index (Phi) is 6.37. The SMILES string of the molecule is CC[C@H](C)c1ccccc1NC(=O)CSc1nc(C)c(C)c(C)n1. The molecule has 0 aliphatic heterocycles. The van der Waals surface area contributed by atoms with Gasteiger partial charge in [0.1, 0.15) is 0 Å². The van der Waals surface area contributed by atoms with E-state index in [9.17, 15) is 4.79 Å². The third-order valence-electron chi connectivity index (χ3n) is 4.32. The van der Waals surface area contributed by atoms with Gasteiger partial charge in [-0.15, -0.1) is 0 Å². The van der Waals surface area contributed by atoms with Gasteiger partial charge in [0.15, 0.2) is 5.16 Å². The Balaban J connectivity index is 2.02. The maximum Gasteiger partial charge on any atom is 0.234 e. The summed E-state index contributed by atoms with van der Waals surface area (Å²) in [6, 6.07) is 8.00. The molecule has 5 heteroatoms. The largest absolute Gasteiger partial charge is 0.325 e. The number of carbonyl (C=O) groups is 1. The third kappa shape index (κ3) is 4.57. The molecule has 24 heavy (non-hydrogen) atoms. The minimum absolute atomic E-state index is 0.0322. The summed E-state index contributed by atoms with van der Waals surface area (Å²) in [4.78, 5) is 21.2. The second-order valence-electron chi connectivity index (χ2n) is 6.04. The fraction of sp³-hybridized carbons (Fsp3) is 0.421. The lowest BCUT2D eigenvalue weighted by atomic mass is 9.97. The number of aromatic nitrogens is 2. The molecule has 0 saturated carbocycles. The number of amides is 1. The second-order valence-corrected chi connectivity index (χ2v) is 6.98. The lowest BCUT2D eigenvalue weighted by Crippen LogP contribution is -2.16. The van der Waals surface area contributed by atoms with Gasteiger partial charge in [-0.05, 0) is 50.3 Å². The van der Waals surface area contributed by atoms with Crippen LogP contribution in [0.3, 0.4) is 0 Å². The van der Waals surface area contributed by atoms with Crippen molar-refractivity contribution in [2.24, 2.45) is 0 Å². The van der Waals surface area contributed by atoms with Gasteiger partial charge in [-0.3, -0.25) is 4.79 Å². The van der Waals surface area contributed by atoms with E-state index in [0.29, 0.717) is 16.8 Å². The van der Waals surface area contributed by atoms with Gasteiger partial charge in [-0.25, -0.2) is 9.97 Å². The lowest BCUT2D eigenvalue weighted by molar-refractivity contribution is -0.113. The van der Waals surface area contributed by atoms with Crippen molar-refractivity contribution in [3.8, 4) is 0 Å². The van der Waals surface area contributed by atoms with Crippen LogP contribution in [-0.2, 0) is 4.79 Å². The van der Waals surface area contributed by atoms with Gasteiger partial charge < -0.3 is 5.32 Å². The summed E-state index contributed by atoms with van der Waals surface area (Å²) >= 11 is 1.37. The topological polar surface area (TPSA) is 54.9 Å². The molecular weight excluding hydrogens is 318 g/mol. The van der Waals surface area contributed by atoms with E-state index in [1.54, 1.807) is 0 Å². The van der Waals surface area contributed by atoms with Gasteiger partial charge >= 0.3 is 0 Å². The van der Waals surface area contributed by atoms with Crippen LogP contribution < -0.4 is 5.32 Å². The van der Waals surface area contributed by atoms with Crippen molar-refractivity contribution in [3.05, 3.63) is 46.8 Å².